The van der Waals surface area contributed by atoms with E-state index in [0.29, 0.717) is 6.61 Å². The molecule has 0 bridgehead atoms. The Bertz CT molecular complexity index is 274. The number of hydrogen-bond acceptors (Lipinski definition) is 5. The molecule has 124 valence electrons. The first kappa shape index (κ1) is 19.0. The maximum absolute atomic E-state index is 11.5. The largest absolute Gasteiger partial charge is 0.449 e. The molecule has 1 rings (SSSR count). The van der Waals surface area contributed by atoms with Gasteiger partial charge in [0.25, 0.3) is 0 Å². The molecule has 1 unspecified atom stereocenters. The van der Waals surface area contributed by atoms with Crippen LogP contribution in [0.4, 0.5) is 4.79 Å². The second kappa shape index (κ2) is 12.5. The van der Waals surface area contributed by atoms with E-state index in [4.69, 9.17) is 4.74 Å². The highest BCUT2D eigenvalue weighted by Crippen LogP contribution is 2.27. The lowest BCUT2D eigenvalue weighted by Gasteiger charge is -2.13. The van der Waals surface area contributed by atoms with Crippen molar-refractivity contribution in [3.8, 4) is 0 Å². The minimum absolute atomic E-state index is 0.239. The Kier molecular flexibility index (Phi) is 11.3. The van der Waals surface area contributed by atoms with E-state index < -0.39 is 0 Å². The van der Waals surface area contributed by atoms with Gasteiger partial charge in [0.05, 0.1) is 0 Å². The summed E-state index contributed by atoms with van der Waals surface area (Å²) in [5.74, 6) is 2.91. The van der Waals surface area contributed by atoms with E-state index in [-0.39, 0.29) is 12.1 Å². The number of rotatable bonds is 11. The third kappa shape index (κ3) is 9.53. The van der Waals surface area contributed by atoms with E-state index >= 15 is 0 Å². The van der Waals surface area contributed by atoms with Crippen molar-refractivity contribution in [2.75, 3.05) is 31.2 Å². The van der Waals surface area contributed by atoms with Crippen molar-refractivity contribution < 1.29 is 9.53 Å². The van der Waals surface area contributed by atoms with Crippen molar-refractivity contribution in [1.82, 2.24) is 10.6 Å². The van der Waals surface area contributed by atoms with E-state index in [0.717, 1.165) is 31.2 Å². The van der Waals surface area contributed by atoms with Gasteiger partial charge >= 0.3 is 6.09 Å². The molecule has 6 heteroatoms. The van der Waals surface area contributed by atoms with Gasteiger partial charge in [0.1, 0.15) is 6.61 Å². The molecule has 0 aromatic rings. The number of ether oxygens (including phenoxy) is 1. The zero-order chi connectivity index (χ0) is 15.3. The molecule has 0 aromatic carbocycles. The van der Waals surface area contributed by atoms with Crippen LogP contribution in [0.3, 0.4) is 0 Å². The van der Waals surface area contributed by atoms with Gasteiger partial charge in [0.2, 0.25) is 0 Å². The molecule has 0 aliphatic carbocycles. The highest BCUT2D eigenvalue weighted by Gasteiger charge is 2.16. The Labute approximate surface area is 137 Å². The third-order valence-corrected chi connectivity index (χ3v) is 6.23. The van der Waals surface area contributed by atoms with Gasteiger partial charge in [-0.1, -0.05) is 54.7 Å². The molecule has 1 fully saturated rings. The van der Waals surface area contributed by atoms with Crippen LogP contribution in [0.5, 0.6) is 0 Å². The zero-order valence-electron chi connectivity index (χ0n) is 13.4. The van der Waals surface area contributed by atoms with Crippen molar-refractivity contribution in [1.29, 1.82) is 0 Å². The monoisotopic (exact) mass is 334 g/mol. The SMILES string of the molecule is CCCC[C@H](CC)CSSCCOC(=O)NC1CCNC1. The molecule has 0 spiro atoms. The Morgan fingerprint density at radius 3 is 2.95 bits per heavy atom. The van der Waals surface area contributed by atoms with Crippen LogP contribution < -0.4 is 10.6 Å². The summed E-state index contributed by atoms with van der Waals surface area (Å²) in [6, 6.07) is 0.239. The van der Waals surface area contributed by atoms with E-state index in [1.807, 2.05) is 21.6 Å². The highest BCUT2D eigenvalue weighted by molar-refractivity contribution is 8.76. The van der Waals surface area contributed by atoms with Crippen LogP contribution in [0.25, 0.3) is 0 Å². The van der Waals surface area contributed by atoms with Crippen molar-refractivity contribution in [2.45, 2.75) is 52.0 Å². The van der Waals surface area contributed by atoms with Crippen LogP contribution in [-0.4, -0.2) is 43.3 Å². The summed E-state index contributed by atoms with van der Waals surface area (Å²) in [6.07, 6.45) is 5.95. The molecule has 1 aliphatic heterocycles. The van der Waals surface area contributed by atoms with E-state index in [2.05, 4.69) is 24.5 Å². The Morgan fingerprint density at radius 2 is 2.29 bits per heavy atom. The number of carbonyl (C=O) groups excluding carboxylic acids is 1. The molecule has 2 N–H and O–H groups in total. The lowest BCUT2D eigenvalue weighted by Crippen LogP contribution is -2.36. The second-order valence-corrected chi connectivity index (χ2v) is 8.12. The van der Waals surface area contributed by atoms with Crippen LogP contribution >= 0.6 is 21.6 Å². The predicted molar refractivity (Wildman–Crippen MR) is 94.0 cm³/mol. The second-order valence-electron chi connectivity index (χ2n) is 5.49. The molecular formula is C15H30N2O2S2. The fourth-order valence-electron chi connectivity index (χ4n) is 2.26. The minimum Gasteiger partial charge on any atom is -0.449 e. The van der Waals surface area contributed by atoms with Crippen molar-refractivity contribution in [2.24, 2.45) is 5.92 Å². The fourth-order valence-corrected chi connectivity index (χ4v) is 4.64. The molecule has 1 amide bonds. The Hall–Kier alpha value is -0.0700. The molecule has 2 atom stereocenters. The molecule has 4 nitrogen and oxygen atoms in total. The normalized spacial score (nSPS) is 19.4. The number of hydrogen-bond donors (Lipinski definition) is 2. The highest BCUT2D eigenvalue weighted by atomic mass is 33.1. The predicted octanol–water partition coefficient (Wildman–Crippen LogP) is 3.67. The van der Waals surface area contributed by atoms with Crippen LogP contribution in [0.15, 0.2) is 0 Å². The first-order valence-corrected chi connectivity index (χ1v) is 10.6. The number of amides is 1. The minimum atomic E-state index is -0.274. The summed E-state index contributed by atoms with van der Waals surface area (Å²) in [6.45, 7) is 6.86. The quantitative estimate of drug-likeness (QED) is 0.446. The van der Waals surface area contributed by atoms with Gasteiger partial charge < -0.3 is 15.4 Å². The van der Waals surface area contributed by atoms with Crippen LogP contribution in [0.1, 0.15) is 46.0 Å². The topological polar surface area (TPSA) is 50.4 Å². The average Bonchev–Trinajstić information content (AvgIpc) is 2.98. The third-order valence-electron chi connectivity index (χ3n) is 3.71. The Morgan fingerprint density at radius 1 is 1.43 bits per heavy atom. The summed E-state index contributed by atoms with van der Waals surface area (Å²) < 4.78 is 5.19. The van der Waals surface area contributed by atoms with Crippen molar-refractivity contribution >= 4 is 27.7 Å². The summed E-state index contributed by atoms with van der Waals surface area (Å²) in [7, 11) is 3.73. The van der Waals surface area contributed by atoms with E-state index in [1.54, 1.807) is 0 Å². The molecule has 1 heterocycles. The molecular weight excluding hydrogens is 304 g/mol. The fraction of sp³-hybridized carbons (Fsp3) is 0.933. The number of unbranched alkanes of at least 4 members (excludes halogenated alkanes) is 1. The van der Waals surface area contributed by atoms with Crippen LogP contribution in [0.2, 0.25) is 0 Å². The number of carbonyl (C=O) groups is 1. The lowest BCUT2D eigenvalue weighted by molar-refractivity contribution is 0.150. The van der Waals surface area contributed by atoms with Gasteiger partial charge in [-0.25, -0.2) is 4.79 Å². The molecule has 1 saturated heterocycles. The smallest absolute Gasteiger partial charge is 0.407 e. The van der Waals surface area contributed by atoms with Gasteiger partial charge in [-0.05, 0) is 25.3 Å². The summed E-state index contributed by atoms with van der Waals surface area (Å²) in [5.41, 5.74) is 0. The van der Waals surface area contributed by atoms with Crippen LogP contribution in [0, 0.1) is 5.92 Å². The van der Waals surface area contributed by atoms with E-state index in [9.17, 15) is 4.79 Å². The first-order chi connectivity index (χ1) is 10.3. The number of nitrogens with one attached hydrogen (secondary N) is 2. The summed E-state index contributed by atoms with van der Waals surface area (Å²) >= 11 is 0. The molecule has 0 aromatic heterocycles. The summed E-state index contributed by atoms with van der Waals surface area (Å²) in [4.78, 5) is 11.5. The van der Waals surface area contributed by atoms with Gasteiger partial charge in [0, 0.05) is 24.1 Å². The Balaban J connectivity index is 1.92. The lowest BCUT2D eigenvalue weighted by atomic mass is 10.0. The van der Waals surface area contributed by atoms with Crippen LogP contribution in [-0.2, 0) is 4.74 Å². The van der Waals surface area contributed by atoms with E-state index in [1.165, 1.54) is 31.4 Å². The van der Waals surface area contributed by atoms with Gasteiger partial charge in [0.15, 0.2) is 0 Å². The summed E-state index contributed by atoms with van der Waals surface area (Å²) in [5, 5.41) is 6.10. The molecule has 0 radical (unpaired) electrons. The van der Waals surface area contributed by atoms with Gasteiger partial charge in [-0.2, -0.15) is 0 Å². The van der Waals surface area contributed by atoms with Crippen molar-refractivity contribution in [3.05, 3.63) is 0 Å². The average molecular weight is 335 g/mol. The molecule has 21 heavy (non-hydrogen) atoms. The maximum atomic E-state index is 11.5. The zero-order valence-corrected chi connectivity index (χ0v) is 15.0. The molecule has 0 saturated carbocycles. The van der Waals surface area contributed by atoms with Crippen molar-refractivity contribution in [3.63, 3.8) is 0 Å². The van der Waals surface area contributed by atoms with Gasteiger partial charge in [-0.15, -0.1) is 0 Å². The number of alkyl carbamates (subject to hydrolysis) is 1. The molecule has 1 aliphatic rings. The standard InChI is InChI=1S/C15H30N2O2S2/c1-3-5-6-13(4-2)12-21-20-10-9-19-15(18)17-14-7-8-16-11-14/h13-14,16H,3-12H2,1-2H3,(H,17,18)/t13-,14?/m0/s1. The van der Waals surface area contributed by atoms with Gasteiger partial charge in [-0.3, -0.25) is 0 Å². The first-order valence-electron chi connectivity index (χ1n) is 8.14. The maximum Gasteiger partial charge on any atom is 0.407 e.